The molecule has 4 N–H and O–H groups in total. The highest BCUT2D eigenvalue weighted by Crippen LogP contribution is 2.35. The van der Waals surface area contributed by atoms with Crippen LogP contribution in [0.5, 0.6) is 11.5 Å². The van der Waals surface area contributed by atoms with Crippen molar-refractivity contribution in [2.75, 3.05) is 37.3 Å². The minimum absolute atomic E-state index is 0.170. The minimum atomic E-state index is -3.55. The predicted octanol–water partition coefficient (Wildman–Crippen LogP) is 6.26. The van der Waals surface area contributed by atoms with Gasteiger partial charge in [-0.2, -0.15) is 15.1 Å². The molecule has 0 radical (unpaired) electrons. The van der Waals surface area contributed by atoms with E-state index in [-0.39, 0.29) is 4.90 Å². The third-order valence-corrected chi connectivity index (χ3v) is 8.52. The van der Waals surface area contributed by atoms with Crippen LogP contribution < -0.4 is 30.3 Å². The Labute approximate surface area is 268 Å². The summed E-state index contributed by atoms with van der Waals surface area (Å²) in [6.07, 6.45) is 0. The molecule has 0 aliphatic carbocycles. The van der Waals surface area contributed by atoms with Gasteiger partial charge >= 0.3 is 0 Å². The maximum Gasteiger partial charge on any atom is 0.240 e. The Kier molecular flexibility index (Phi) is 10.1. The molecule has 11 nitrogen and oxygen atoms in total. The standard InChI is InChI=1S/C34H35N7O4S/c1-23(25-16-18-28(19-17-25)46(42,43)35-2)40-41-33-31(26-11-7-5-8-12-26)32(38-34(39-33)37-27-13-9-6-10-14-27)36-22-24-15-20-29(44-3)30(21-24)45-4/h5-21,35H,22H2,1-4H3,(H3,36,37,38,39,41). The first-order valence-electron chi connectivity index (χ1n) is 14.4. The van der Waals surface area contributed by atoms with Gasteiger partial charge in [0.15, 0.2) is 17.3 Å². The largest absolute Gasteiger partial charge is 0.493 e. The topological polar surface area (TPSA) is 139 Å². The number of nitrogens with zero attached hydrogens (tertiary/aromatic N) is 3. The zero-order valence-electron chi connectivity index (χ0n) is 25.9. The fourth-order valence-electron chi connectivity index (χ4n) is 4.63. The molecule has 46 heavy (non-hydrogen) atoms. The number of methoxy groups -OCH3 is 2. The SMILES string of the molecule is CNS(=O)(=O)c1ccc(C(C)=NNc2nc(Nc3ccccc3)nc(NCc3ccc(OC)c(OC)c3)c2-c2ccccc2)cc1. The number of aromatic nitrogens is 2. The van der Waals surface area contributed by atoms with Gasteiger partial charge < -0.3 is 20.1 Å². The first-order valence-corrected chi connectivity index (χ1v) is 15.9. The zero-order valence-corrected chi connectivity index (χ0v) is 26.7. The summed E-state index contributed by atoms with van der Waals surface area (Å²) in [7, 11) is 1.04. The molecule has 236 valence electrons. The minimum Gasteiger partial charge on any atom is -0.493 e. The lowest BCUT2D eigenvalue weighted by molar-refractivity contribution is 0.354. The second-order valence-corrected chi connectivity index (χ2v) is 11.9. The van der Waals surface area contributed by atoms with Gasteiger partial charge in [-0.1, -0.05) is 66.7 Å². The van der Waals surface area contributed by atoms with Gasteiger partial charge in [0.25, 0.3) is 0 Å². The van der Waals surface area contributed by atoms with Crippen LogP contribution in [0.3, 0.4) is 0 Å². The lowest BCUT2D eigenvalue weighted by atomic mass is 10.1. The third-order valence-electron chi connectivity index (χ3n) is 7.09. The van der Waals surface area contributed by atoms with Gasteiger partial charge in [0.1, 0.15) is 5.82 Å². The van der Waals surface area contributed by atoms with Crippen molar-refractivity contribution in [3.63, 3.8) is 0 Å². The van der Waals surface area contributed by atoms with Crippen LogP contribution in [0.2, 0.25) is 0 Å². The molecule has 0 amide bonds. The third kappa shape index (κ3) is 7.60. The molecular formula is C34H35N7O4S. The van der Waals surface area contributed by atoms with E-state index in [1.165, 1.54) is 7.05 Å². The van der Waals surface area contributed by atoms with Crippen molar-refractivity contribution in [3.8, 4) is 22.6 Å². The predicted molar refractivity (Wildman–Crippen MR) is 183 cm³/mol. The van der Waals surface area contributed by atoms with Crippen molar-refractivity contribution in [1.29, 1.82) is 0 Å². The average Bonchev–Trinajstić information content (AvgIpc) is 3.10. The van der Waals surface area contributed by atoms with E-state index in [2.05, 4.69) is 25.9 Å². The van der Waals surface area contributed by atoms with E-state index in [1.54, 1.807) is 38.5 Å². The van der Waals surface area contributed by atoms with Crippen LogP contribution in [0.25, 0.3) is 11.1 Å². The first-order chi connectivity index (χ1) is 22.3. The summed E-state index contributed by atoms with van der Waals surface area (Å²) in [5, 5.41) is 11.4. The van der Waals surface area contributed by atoms with Gasteiger partial charge in [-0.3, -0.25) is 5.43 Å². The second kappa shape index (κ2) is 14.5. The molecule has 5 aromatic rings. The summed E-state index contributed by atoms with van der Waals surface area (Å²) in [4.78, 5) is 9.88. The molecular weight excluding hydrogens is 602 g/mol. The number of nitrogens with one attached hydrogen (secondary N) is 4. The summed E-state index contributed by atoms with van der Waals surface area (Å²) in [6.45, 7) is 2.27. The number of benzene rings is 4. The molecule has 0 saturated heterocycles. The Morgan fingerprint density at radius 3 is 2.11 bits per heavy atom. The molecule has 0 spiro atoms. The van der Waals surface area contributed by atoms with Crippen molar-refractivity contribution in [2.24, 2.45) is 5.10 Å². The van der Waals surface area contributed by atoms with Crippen molar-refractivity contribution >= 4 is 39.0 Å². The Balaban J connectivity index is 1.55. The highest BCUT2D eigenvalue weighted by atomic mass is 32.2. The van der Waals surface area contributed by atoms with Crippen LogP contribution in [0.1, 0.15) is 18.1 Å². The number of hydrogen-bond acceptors (Lipinski definition) is 10. The van der Waals surface area contributed by atoms with Gasteiger partial charge in [0.2, 0.25) is 16.0 Å². The van der Waals surface area contributed by atoms with Gasteiger partial charge in [-0.25, -0.2) is 13.1 Å². The molecule has 0 unspecified atom stereocenters. The summed E-state index contributed by atoms with van der Waals surface area (Å²) >= 11 is 0. The molecule has 1 heterocycles. The highest BCUT2D eigenvalue weighted by molar-refractivity contribution is 7.89. The van der Waals surface area contributed by atoms with Crippen LogP contribution in [-0.4, -0.2) is 45.4 Å². The van der Waals surface area contributed by atoms with Gasteiger partial charge in [0.05, 0.1) is 30.4 Å². The molecule has 0 atom stereocenters. The van der Waals surface area contributed by atoms with Crippen LogP contribution >= 0.6 is 0 Å². The molecule has 0 saturated carbocycles. The zero-order chi connectivity index (χ0) is 32.5. The van der Waals surface area contributed by atoms with Gasteiger partial charge in [0, 0.05) is 12.2 Å². The van der Waals surface area contributed by atoms with Crippen molar-refractivity contribution < 1.29 is 17.9 Å². The fourth-order valence-corrected chi connectivity index (χ4v) is 5.36. The second-order valence-electron chi connectivity index (χ2n) is 10.1. The number of ether oxygens (including phenoxy) is 2. The van der Waals surface area contributed by atoms with Crippen LogP contribution in [-0.2, 0) is 16.6 Å². The Morgan fingerprint density at radius 2 is 1.46 bits per heavy atom. The van der Waals surface area contributed by atoms with Crippen molar-refractivity contribution in [1.82, 2.24) is 14.7 Å². The quantitative estimate of drug-likeness (QED) is 0.0870. The Morgan fingerprint density at radius 1 is 0.804 bits per heavy atom. The van der Waals surface area contributed by atoms with E-state index in [4.69, 9.17) is 19.4 Å². The van der Waals surface area contributed by atoms with Crippen LogP contribution in [0.15, 0.2) is 113 Å². The summed E-state index contributed by atoms with van der Waals surface area (Å²) < 4.78 is 37.6. The van der Waals surface area contributed by atoms with E-state index < -0.39 is 10.0 Å². The average molecular weight is 638 g/mol. The maximum absolute atomic E-state index is 12.2. The van der Waals surface area contributed by atoms with Gasteiger partial charge in [-0.15, -0.1) is 0 Å². The van der Waals surface area contributed by atoms with E-state index in [1.807, 2.05) is 85.8 Å². The molecule has 1 aromatic heterocycles. The lowest BCUT2D eigenvalue weighted by Crippen LogP contribution is -2.18. The molecule has 4 aromatic carbocycles. The smallest absolute Gasteiger partial charge is 0.240 e. The number of sulfonamides is 1. The monoisotopic (exact) mass is 637 g/mol. The molecule has 5 rings (SSSR count). The number of para-hydroxylation sites is 1. The normalized spacial score (nSPS) is 11.5. The van der Waals surface area contributed by atoms with Gasteiger partial charge in [-0.05, 0) is 67.1 Å². The molecule has 0 fully saturated rings. The van der Waals surface area contributed by atoms with E-state index >= 15 is 0 Å². The lowest BCUT2D eigenvalue weighted by Gasteiger charge is -2.18. The highest BCUT2D eigenvalue weighted by Gasteiger charge is 2.18. The molecule has 12 heteroatoms. The number of hydrogen-bond donors (Lipinski definition) is 4. The summed E-state index contributed by atoms with van der Waals surface area (Å²) in [5.74, 6) is 2.67. The maximum atomic E-state index is 12.2. The van der Waals surface area contributed by atoms with E-state index in [0.717, 1.165) is 22.4 Å². The molecule has 0 bridgehead atoms. The number of anilines is 4. The molecule has 0 aliphatic rings. The fraction of sp³-hybridized carbons (Fsp3) is 0.147. The van der Waals surface area contributed by atoms with E-state index in [0.29, 0.717) is 46.9 Å². The summed E-state index contributed by atoms with van der Waals surface area (Å²) in [5.41, 5.74) is 7.90. The Hall–Kier alpha value is -5.46. The van der Waals surface area contributed by atoms with Crippen LogP contribution in [0.4, 0.5) is 23.3 Å². The Bertz CT molecular complexity index is 1920. The van der Waals surface area contributed by atoms with Crippen LogP contribution in [0, 0.1) is 0 Å². The number of rotatable bonds is 13. The number of hydrazone groups is 1. The van der Waals surface area contributed by atoms with Crippen molar-refractivity contribution in [3.05, 3.63) is 114 Å². The molecule has 0 aliphatic heterocycles. The van der Waals surface area contributed by atoms with E-state index in [9.17, 15) is 8.42 Å². The summed E-state index contributed by atoms with van der Waals surface area (Å²) in [6, 6.07) is 31.7. The first kappa shape index (κ1) is 31.9. The van der Waals surface area contributed by atoms with Crippen molar-refractivity contribution in [2.45, 2.75) is 18.4 Å².